The Morgan fingerprint density at radius 1 is 1.75 bits per heavy atom. The Morgan fingerprint density at radius 2 is 2.62 bits per heavy atom. The average Bonchev–Trinajstić information content (AvgIpc) is 2.19. The first-order chi connectivity index (χ1) is 3.93. The molecule has 48 valence electrons. The highest BCUT2D eigenvalue weighted by molar-refractivity contribution is 7.75. The van der Waals surface area contributed by atoms with Crippen molar-refractivity contribution < 1.29 is 8.92 Å². The van der Waals surface area contributed by atoms with Crippen LogP contribution in [0.25, 0.3) is 0 Å². The molecule has 2 nitrogen and oxygen atoms in total. The van der Waals surface area contributed by atoms with E-state index in [1.807, 2.05) is 0 Å². The molecule has 0 spiro atoms. The standard InChI is InChI=1S/C5H10O2S/c8-7-4-5-2-1-3-6-5/h5,8H,1-4H2/t5-/m1/s1. The zero-order valence-electron chi connectivity index (χ0n) is 4.67. The van der Waals surface area contributed by atoms with Crippen molar-refractivity contribution in [3.8, 4) is 0 Å². The summed E-state index contributed by atoms with van der Waals surface area (Å²) in [6.07, 6.45) is 2.61. The van der Waals surface area contributed by atoms with Crippen molar-refractivity contribution in [1.82, 2.24) is 0 Å². The summed E-state index contributed by atoms with van der Waals surface area (Å²) in [4.78, 5) is 0. The molecule has 0 N–H and O–H groups in total. The van der Waals surface area contributed by atoms with E-state index >= 15 is 0 Å². The predicted octanol–water partition coefficient (Wildman–Crippen LogP) is 1.03. The van der Waals surface area contributed by atoms with E-state index in [-0.39, 0.29) is 0 Å². The Kier molecular flexibility index (Phi) is 2.66. The second-order valence-corrected chi connectivity index (χ2v) is 2.19. The monoisotopic (exact) mass is 134 g/mol. The summed E-state index contributed by atoms with van der Waals surface area (Å²) in [5, 5.41) is 0. The van der Waals surface area contributed by atoms with Gasteiger partial charge < -0.3 is 8.92 Å². The Morgan fingerprint density at radius 3 is 3.12 bits per heavy atom. The molecule has 0 amide bonds. The highest BCUT2D eigenvalue weighted by Gasteiger charge is 2.14. The van der Waals surface area contributed by atoms with Crippen LogP contribution in [0, 0.1) is 0 Å². The lowest BCUT2D eigenvalue weighted by Gasteiger charge is -2.04. The minimum atomic E-state index is 0.312. The van der Waals surface area contributed by atoms with E-state index in [2.05, 4.69) is 17.1 Å². The van der Waals surface area contributed by atoms with Gasteiger partial charge in [-0.05, 0) is 25.8 Å². The molecular weight excluding hydrogens is 124 g/mol. The normalized spacial score (nSPS) is 28.9. The Labute approximate surface area is 54.8 Å². The van der Waals surface area contributed by atoms with Crippen molar-refractivity contribution in [2.45, 2.75) is 18.9 Å². The molecule has 0 radical (unpaired) electrons. The van der Waals surface area contributed by atoms with Gasteiger partial charge in [0.2, 0.25) is 0 Å². The van der Waals surface area contributed by atoms with Gasteiger partial charge in [-0.15, -0.1) is 0 Å². The van der Waals surface area contributed by atoms with Gasteiger partial charge in [0, 0.05) is 6.61 Å². The van der Waals surface area contributed by atoms with Crippen molar-refractivity contribution >= 4 is 12.9 Å². The van der Waals surface area contributed by atoms with Gasteiger partial charge in [0.15, 0.2) is 0 Å². The smallest absolute Gasteiger partial charge is 0.0872 e. The molecule has 8 heavy (non-hydrogen) atoms. The summed E-state index contributed by atoms with van der Waals surface area (Å²) in [6, 6.07) is 0. The topological polar surface area (TPSA) is 18.5 Å². The van der Waals surface area contributed by atoms with Crippen LogP contribution in [-0.2, 0) is 8.92 Å². The van der Waals surface area contributed by atoms with E-state index in [1.54, 1.807) is 0 Å². The fraction of sp³-hybridized carbons (Fsp3) is 1.00. The number of hydrogen-bond acceptors (Lipinski definition) is 3. The van der Waals surface area contributed by atoms with Gasteiger partial charge in [0.05, 0.1) is 12.7 Å². The summed E-state index contributed by atoms with van der Waals surface area (Å²) >= 11 is 3.62. The number of hydrogen-bond donors (Lipinski definition) is 1. The highest BCUT2D eigenvalue weighted by Crippen LogP contribution is 2.11. The average molecular weight is 134 g/mol. The zero-order chi connectivity index (χ0) is 5.82. The Bertz CT molecular complexity index is 61.4. The summed E-state index contributed by atoms with van der Waals surface area (Å²) < 4.78 is 9.81. The zero-order valence-corrected chi connectivity index (χ0v) is 5.56. The molecule has 1 rings (SSSR count). The molecule has 1 aliphatic heterocycles. The van der Waals surface area contributed by atoms with Crippen molar-refractivity contribution in [2.75, 3.05) is 13.2 Å². The lowest BCUT2D eigenvalue weighted by Crippen LogP contribution is -2.10. The largest absolute Gasteiger partial charge is 0.376 e. The SMILES string of the molecule is SOC[C@H]1CCCO1. The maximum Gasteiger partial charge on any atom is 0.0872 e. The van der Waals surface area contributed by atoms with Crippen LogP contribution in [-0.4, -0.2) is 19.3 Å². The Balaban J connectivity index is 2.06. The number of rotatable bonds is 2. The van der Waals surface area contributed by atoms with Crippen LogP contribution >= 0.6 is 12.9 Å². The van der Waals surface area contributed by atoms with Crippen LogP contribution in [0.4, 0.5) is 0 Å². The number of thiol groups is 1. The Hall–Kier alpha value is 0.270. The molecule has 0 aromatic rings. The third kappa shape index (κ3) is 1.65. The maximum atomic E-state index is 5.22. The molecule has 3 heteroatoms. The third-order valence-electron chi connectivity index (χ3n) is 1.28. The molecule has 0 aromatic carbocycles. The van der Waals surface area contributed by atoms with Gasteiger partial charge in [-0.2, -0.15) is 0 Å². The minimum absolute atomic E-state index is 0.312. The summed E-state index contributed by atoms with van der Waals surface area (Å²) in [5.41, 5.74) is 0. The summed E-state index contributed by atoms with van der Waals surface area (Å²) in [6.45, 7) is 1.52. The molecule has 0 aromatic heterocycles. The number of ether oxygens (including phenoxy) is 1. The van der Waals surface area contributed by atoms with Gasteiger partial charge in [-0.25, -0.2) is 0 Å². The van der Waals surface area contributed by atoms with E-state index in [9.17, 15) is 0 Å². The maximum absolute atomic E-state index is 5.22. The third-order valence-corrected chi connectivity index (χ3v) is 1.43. The molecule has 0 bridgehead atoms. The van der Waals surface area contributed by atoms with Gasteiger partial charge >= 0.3 is 0 Å². The molecule has 1 saturated heterocycles. The van der Waals surface area contributed by atoms with E-state index in [0.717, 1.165) is 13.0 Å². The fourth-order valence-corrected chi connectivity index (χ4v) is 1.03. The van der Waals surface area contributed by atoms with Crippen molar-refractivity contribution in [2.24, 2.45) is 0 Å². The van der Waals surface area contributed by atoms with Crippen LogP contribution in [0.1, 0.15) is 12.8 Å². The second-order valence-electron chi connectivity index (χ2n) is 1.93. The first kappa shape index (κ1) is 6.39. The van der Waals surface area contributed by atoms with Gasteiger partial charge in [-0.3, -0.25) is 0 Å². The van der Waals surface area contributed by atoms with Gasteiger partial charge in [0.1, 0.15) is 0 Å². The van der Waals surface area contributed by atoms with Crippen LogP contribution in [0.5, 0.6) is 0 Å². The predicted molar refractivity (Wildman–Crippen MR) is 33.9 cm³/mol. The van der Waals surface area contributed by atoms with Crippen LogP contribution < -0.4 is 0 Å². The first-order valence-electron chi connectivity index (χ1n) is 2.81. The van der Waals surface area contributed by atoms with Crippen LogP contribution in [0.15, 0.2) is 0 Å². The lowest BCUT2D eigenvalue weighted by atomic mass is 10.2. The van der Waals surface area contributed by atoms with E-state index in [1.165, 1.54) is 6.42 Å². The minimum Gasteiger partial charge on any atom is -0.376 e. The fourth-order valence-electron chi connectivity index (χ4n) is 0.859. The molecule has 1 aliphatic rings. The van der Waals surface area contributed by atoms with Gasteiger partial charge in [0.25, 0.3) is 0 Å². The van der Waals surface area contributed by atoms with E-state index < -0.39 is 0 Å². The molecule has 0 saturated carbocycles. The van der Waals surface area contributed by atoms with E-state index in [4.69, 9.17) is 4.74 Å². The molecule has 1 fully saturated rings. The summed E-state index contributed by atoms with van der Waals surface area (Å²) in [7, 11) is 0. The van der Waals surface area contributed by atoms with Crippen molar-refractivity contribution in [1.29, 1.82) is 0 Å². The molecular formula is C5H10O2S. The highest BCUT2D eigenvalue weighted by atomic mass is 32.1. The van der Waals surface area contributed by atoms with E-state index in [0.29, 0.717) is 12.7 Å². The quantitative estimate of drug-likeness (QED) is 0.449. The first-order valence-corrected chi connectivity index (χ1v) is 3.18. The molecule has 0 unspecified atom stereocenters. The van der Waals surface area contributed by atoms with Crippen molar-refractivity contribution in [3.05, 3.63) is 0 Å². The summed E-state index contributed by atoms with van der Waals surface area (Å²) in [5.74, 6) is 0. The van der Waals surface area contributed by atoms with Gasteiger partial charge in [-0.1, -0.05) is 0 Å². The molecule has 1 heterocycles. The van der Waals surface area contributed by atoms with Crippen LogP contribution in [0.2, 0.25) is 0 Å². The molecule has 0 aliphatic carbocycles. The second kappa shape index (κ2) is 3.33. The van der Waals surface area contributed by atoms with Crippen LogP contribution in [0.3, 0.4) is 0 Å². The van der Waals surface area contributed by atoms with Crippen molar-refractivity contribution in [3.63, 3.8) is 0 Å². The lowest BCUT2D eigenvalue weighted by molar-refractivity contribution is 0.0760. The molecule has 1 atom stereocenters.